The van der Waals surface area contributed by atoms with Gasteiger partial charge in [0.2, 0.25) is 5.75 Å². The molecular weight excluding hydrogens is 470 g/mol. The fraction of sp³-hybridized carbons (Fsp3) is 0.300. The van der Waals surface area contributed by atoms with Crippen LogP contribution in [0.4, 0.5) is 0 Å². The number of ether oxygens (including phenoxy) is 4. The molecule has 7 heteroatoms. The lowest BCUT2D eigenvalue weighted by Gasteiger charge is -2.18. The quantitative estimate of drug-likeness (QED) is 0.217. The van der Waals surface area contributed by atoms with E-state index in [1.54, 1.807) is 12.1 Å². The number of rotatable bonds is 12. The standard InChI is InChI=1S/C30H33NO6/c1-6-31(7-2)16-17-36-22-14-12-20(13-15-22)29-27(23-10-8-9-11-24(23)37-29)28(32)21-18-25(33-3)30(35-5)26(19-21)34-4/h8-15,18-19H,6-7,16-17H2,1-5H3. The second-order valence-corrected chi connectivity index (χ2v) is 8.45. The van der Waals surface area contributed by atoms with Gasteiger partial charge in [-0.3, -0.25) is 4.79 Å². The fourth-order valence-corrected chi connectivity index (χ4v) is 4.37. The third kappa shape index (κ3) is 5.42. The second-order valence-electron chi connectivity index (χ2n) is 8.45. The minimum atomic E-state index is -0.209. The SMILES string of the molecule is CCN(CC)CCOc1ccc(-c2oc3ccccc3c2C(=O)c2cc(OC)c(OC)c(OC)c2)cc1. The average Bonchev–Trinajstić information content (AvgIpc) is 3.34. The van der Waals surface area contributed by atoms with Gasteiger partial charge in [0.25, 0.3) is 0 Å². The number of carbonyl (C=O) groups excluding carboxylic acids is 1. The first kappa shape index (κ1) is 26.1. The summed E-state index contributed by atoms with van der Waals surface area (Å²) < 4.78 is 28.5. The van der Waals surface area contributed by atoms with Crippen molar-refractivity contribution in [2.45, 2.75) is 13.8 Å². The molecule has 0 aliphatic rings. The van der Waals surface area contributed by atoms with Crippen LogP contribution in [0.5, 0.6) is 23.0 Å². The largest absolute Gasteiger partial charge is 0.493 e. The number of methoxy groups -OCH3 is 3. The molecular formula is C30H33NO6. The third-order valence-electron chi connectivity index (χ3n) is 6.44. The van der Waals surface area contributed by atoms with E-state index in [0.717, 1.165) is 36.3 Å². The lowest BCUT2D eigenvalue weighted by Crippen LogP contribution is -2.27. The summed E-state index contributed by atoms with van der Waals surface area (Å²) in [5, 5.41) is 0.732. The molecule has 4 rings (SSSR count). The molecule has 7 nitrogen and oxygen atoms in total. The van der Waals surface area contributed by atoms with Crippen molar-refractivity contribution in [1.29, 1.82) is 0 Å². The first-order chi connectivity index (χ1) is 18.0. The molecule has 194 valence electrons. The molecule has 0 bridgehead atoms. The molecule has 1 aromatic heterocycles. The summed E-state index contributed by atoms with van der Waals surface area (Å²) >= 11 is 0. The number of hydrogen-bond donors (Lipinski definition) is 0. The summed E-state index contributed by atoms with van der Waals surface area (Å²) in [7, 11) is 4.58. The molecule has 0 unspecified atom stereocenters. The molecule has 0 spiro atoms. The van der Waals surface area contributed by atoms with E-state index >= 15 is 0 Å². The Bertz CT molecular complexity index is 1330. The number of carbonyl (C=O) groups is 1. The predicted molar refractivity (Wildman–Crippen MR) is 144 cm³/mol. The maximum absolute atomic E-state index is 13.9. The van der Waals surface area contributed by atoms with Gasteiger partial charge in [-0.25, -0.2) is 0 Å². The van der Waals surface area contributed by atoms with Crippen LogP contribution in [0.25, 0.3) is 22.3 Å². The van der Waals surface area contributed by atoms with Crippen molar-refractivity contribution in [3.8, 4) is 34.3 Å². The Morgan fingerprint density at radius 3 is 2.11 bits per heavy atom. The summed E-state index contributed by atoms with van der Waals surface area (Å²) in [5.74, 6) is 2.30. The van der Waals surface area contributed by atoms with Gasteiger partial charge in [0.05, 0.1) is 26.9 Å². The maximum atomic E-state index is 13.9. The van der Waals surface area contributed by atoms with Crippen LogP contribution in [0.1, 0.15) is 29.8 Å². The van der Waals surface area contributed by atoms with E-state index in [1.165, 1.54) is 21.3 Å². The molecule has 0 radical (unpaired) electrons. The van der Waals surface area contributed by atoms with Crippen molar-refractivity contribution < 1.29 is 28.2 Å². The highest BCUT2D eigenvalue weighted by Gasteiger charge is 2.25. The normalized spacial score (nSPS) is 11.1. The first-order valence-electron chi connectivity index (χ1n) is 12.4. The van der Waals surface area contributed by atoms with Gasteiger partial charge >= 0.3 is 0 Å². The van der Waals surface area contributed by atoms with Crippen LogP contribution in [0.2, 0.25) is 0 Å². The minimum absolute atomic E-state index is 0.209. The van der Waals surface area contributed by atoms with E-state index < -0.39 is 0 Å². The minimum Gasteiger partial charge on any atom is -0.493 e. The van der Waals surface area contributed by atoms with E-state index in [2.05, 4.69) is 18.7 Å². The molecule has 0 aliphatic carbocycles. The Labute approximate surface area is 217 Å². The van der Waals surface area contributed by atoms with E-state index in [4.69, 9.17) is 23.4 Å². The molecule has 0 amide bonds. The van der Waals surface area contributed by atoms with Crippen LogP contribution in [0, 0.1) is 0 Å². The van der Waals surface area contributed by atoms with E-state index in [-0.39, 0.29) is 5.78 Å². The monoisotopic (exact) mass is 503 g/mol. The van der Waals surface area contributed by atoms with Gasteiger partial charge in [-0.15, -0.1) is 0 Å². The average molecular weight is 504 g/mol. The van der Waals surface area contributed by atoms with Crippen molar-refractivity contribution >= 4 is 16.8 Å². The Morgan fingerprint density at radius 2 is 1.51 bits per heavy atom. The second kappa shape index (κ2) is 11.8. The first-order valence-corrected chi connectivity index (χ1v) is 12.4. The molecule has 0 fully saturated rings. The number of likely N-dealkylation sites (N-methyl/N-ethyl adjacent to an activating group) is 1. The summed E-state index contributed by atoms with van der Waals surface area (Å²) in [6, 6.07) is 18.5. The van der Waals surface area contributed by atoms with Crippen LogP contribution < -0.4 is 18.9 Å². The Morgan fingerprint density at radius 1 is 0.865 bits per heavy atom. The molecule has 3 aromatic carbocycles. The van der Waals surface area contributed by atoms with Gasteiger partial charge in [-0.05, 0) is 55.6 Å². The zero-order valence-corrected chi connectivity index (χ0v) is 22.0. The summed E-state index contributed by atoms with van der Waals surface area (Å²) in [6.07, 6.45) is 0. The van der Waals surface area contributed by atoms with Crippen LogP contribution in [0.3, 0.4) is 0 Å². The Hall–Kier alpha value is -3.97. The summed E-state index contributed by atoms with van der Waals surface area (Å²) in [4.78, 5) is 16.2. The van der Waals surface area contributed by atoms with Gasteiger partial charge < -0.3 is 28.3 Å². The lowest BCUT2D eigenvalue weighted by atomic mass is 9.97. The molecule has 0 saturated carbocycles. The Kier molecular flexibility index (Phi) is 8.36. The van der Waals surface area contributed by atoms with Gasteiger partial charge in [-0.2, -0.15) is 0 Å². The lowest BCUT2D eigenvalue weighted by molar-refractivity contribution is 0.103. The van der Waals surface area contributed by atoms with Gasteiger partial charge in [0, 0.05) is 23.1 Å². The van der Waals surface area contributed by atoms with Crippen molar-refractivity contribution in [1.82, 2.24) is 4.90 Å². The smallest absolute Gasteiger partial charge is 0.203 e. The zero-order chi connectivity index (χ0) is 26.4. The van der Waals surface area contributed by atoms with Gasteiger partial charge in [-0.1, -0.05) is 32.0 Å². The molecule has 0 atom stereocenters. The Balaban J connectivity index is 1.71. The zero-order valence-electron chi connectivity index (χ0n) is 22.0. The molecule has 0 aliphatic heterocycles. The number of para-hydroxylation sites is 1. The van der Waals surface area contributed by atoms with Crippen LogP contribution in [0.15, 0.2) is 65.1 Å². The number of ketones is 1. The highest BCUT2D eigenvalue weighted by atomic mass is 16.5. The number of nitrogens with zero attached hydrogens (tertiary/aromatic N) is 1. The van der Waals surface area contributed by atoms with Gasteiger partial charge in [0.1, 0.15) is 23.7 Å². The van der Waals surface area contributed by atoms with Crippen LogP contribution >= 0.6 is 0 Å². The number of hydrogen-bond acceptors (Lipinski definition) is 7. The number of benzene rings is 3. The van der Waals surface area contributed by atoms with Crippen molar-refractivity contribution in [2.24, 2.45) is 0 Å². The van der Waals surface area contributed by atoms with Crippen LogP contribution in [-0.4, -0.2) is 58.3 Å². The molecule has 0 N–H and O–H groups in total. The maximum Gasteiger partial charge on any atom is 0.203 e. The van der Waals surface area contributed by atoms with E-state index in [0.29, 0.717) is 46.3 Å². The van der Waals surface area contributed by atoms with Crippen molar-refractivity contribution in [3.05, 3.63) is 71.8 Å². The highest BCUT2D eigenvalue weighted by molar-refractivity contribution is 6.20. The predicted octanol–water partition coefficient (Wildman–Crippen LogP) is 6.08. The number of furan rings is 1. The summed E-state index contributed by atoms with van der Waals surface area (Å²) in [6.45, 7) is 7.74. The fourth-order valence-electron chi connectivity index (χ4n) is 4.37. The summed E-state index contributed by atoms with van der Waals surface area (Å²) in [5.41, 5.74) is 2.29. The molecule has 37 heavy (non-hydrogen) atoms. The van der Waals surface area contributed by atoms with E-state index in [9.17, 15) is 4.79 Å². The highest BCUT2D eigenvalue weighted by Crippen LogP contribution is 2.41. The molecule has 0 saturated heterocycles. The molecule has 1 heterocycles. The number of fused-ring (bicyclic) bond motifs is 1. The van der Waals surface area contributed by atoms with Crippen molar-refractivity contribution in [3.63, 3.8) is 0 Å². The topological polar surface area (TPSA) is 70.4 Å². The van der Waals surface area contributed by atoms with E-state index in [1.807, 2.05) is 48.5 Å². The molecule has 4 aromatic rings. The third-order valence-corrected chi connectivity index (χ3v) is 6.44. The van der Waals surface area contributed by atoms with Gasteiger partial charge in [0.15, 0.2) is 17.3 Å². The van der Waals surface area contributed by atoms with Crippen LogP contribution in [-0.2, 0) is 0 Å². The van der Waals surface area contributed by atoms with Crippen molar-refractivity contribution in [2.75, 3.05) is 47.6 Å².